The second-order valence-electron chi connectivity index (χ2n) is 7.19. The molecule has 0 saturated heterocycles. The van der Waals surface area contributed by atoms with E-state index in [2.05, 4.69) is 49.2 Å². The molecule has 3 rings (SSSR count). The zero-order valence-corrected chi connectivity index (χ0v) is 19.0. The first kappa shape index (κ1) is 22.1. The number of nitrogens with zero attached hydrogens (tertiary/aromatic N) is 3. The SMILES string of the molecule is C=C/C=C(\C)C(=C)/N=C(/NC(=C)c1ccc(N)s1)c1cnn(-c2cccc(C)c2)c1C. The van der Waals surface area contributed by atoms with Crippen LogP contribution in [0, 0.1) is 13.8 Å². The molecule has 0 aliphatic heterocycles. The minimum absolute atomic E-state index is 0.621. The fraction of sp³-hybridized carbons (Fsp3) is 0.120. The third-order valence-electron chi connectivity index (χ3n) is 4.77. The summed E-state index contributed by atoms with van der Waals surface area (Å²) in [6.45, 7) is 18.1. The number of nitrogens with two attached hydrogens (primary N) is 1. The van der Waals surface area contributed by atoms with Gasteiger partial charge in [0.25, 0.3) is 0 Å². The van der Waals surface area contributed by atoms with Gasteiger partial charge in [-0.25, -0.2) is 9.67 Å². The number of nitrogens with one attached hydrogen (secondary N) is 1. The average Bonchev–Trinajstić information content (AvgIpc) is 3.33. The fourth-order valence-electron chi connectivity index (χ4n) is 3.03. The van der Waals surface area contributed by atoms with Crippen molar-refractivity contribution in [3.05, 3.63) is 107 Å². The predicted octanol–water partition coefficient (Wildman–Crippen LogP) is 5.79. The van der Waals surface area contributed by atoms with Crippen LogP contribution in [0.5, 0.6) is 0 Å². The van der Waals surface area contributed by atoms with Crippen molar-refractivity contribution in [2.75, 3.05) is 5.73 Å². The quantitative estimate of drug-likeness (QED) is 0.284. The molecule has 5 nitrogen and oxygen atoms in total. The first-order valence-electron chi connectivity index (χ1n) is 9.81. The summed E-state index contributed by atoms with van der Waals surface area (Å²) in [5.41, 5.74) is 12.1. The molecule has 3 N–H and O–H groups in total. The molecular weight excluding hydrogens is 402 g/mol. The van der Waals surface area contributed by atoms with E-state index >= 15 is 0 Å². The number of aryl methyl sites for hydroxylation is 1. The van der Waals surface area contributed by atoms with E-state index < -0.39 is 0 Å². The first-order chi connectivity index (χ1) is 14.8. The van der Waals surface area contributed by atoms with Crippen LogP contribution < -0.4 is 11.1 Å². The largest absolute Gasteiger partial charge is 0.391 e. The third-order valence-corrected chi connectivity index (χ3v) is 5.75. The Morgan fingerprint density at radius 1 is 1.23 bits per heavy atom. The van der Waals surface area contributed by atoms with Gasteiger partial charge in [-0.1, -0.05) is 44.0 Å². The van der Waals surface area contributed by atoms with Crippen molar-refractivity contribution in [2.45, 2.75) is 20.8 Å². The Kier molecular flexibility index (Phi) is 6.72. The second-order valence-corrected chi connectivity index (χ2v) is 8.31. The molecule has 0 aliphatic carbocycles. The van der Waals surface area contributed by atoms with Crippen LogP contribution in [-0.4, -0.2) is 15.6 Å². The number of amidine groups is 1. The Hall–Kier alpha value is -3.64. The molecule has 6 heteroatoms. The lowest BCUT2D eigenvalue weighted by Crippen LogP contribution is -2.23. The first-order valence-corrected chi connectivity index (χ1v) is 10.6. The van der Waals surface area contributed by atoms with E-state index in [1.165, 1.54) is 16.9 Å². The Balaban J connectivity index is 2.04. The van der Waals surface area contributed by atoms with Crippen LogP contribution in [-0.2, 0) is 0 Å². The highest BCUT2D eigenvalue weighted by Gasteiger charge is 2.16. The summed E-state index contributed by atoms with van der Waals surface area (Å²) in [5, 5.41) is 8.69. The summed E-state index contributed by atoms with van der Waals surface area (Å²) in [6.07, 6.45) is 5.40. The lowest BCUT2D eigenvalue weighted by molar-refractivity contribution is 0.845. The topological polar surface area (TPSA) is 68.2 Å². The lowest BCUT2D eigenvalue weighted by Gasteiger charge is -2.13. The lowest BCUT2D eigenvalue weighted by atomic mass is 10.2. The number of benzene rings is 1. The van der Waals surface area contributed by atoms with Gasteiger partial charge in [-0.3, -0.25) is 0 Å². The van der Waals surface area contributed by atoms with Gasteiger partial charge >= 0.3 is 0 Å². The van der Waals surface area contributed by atoms with E-state index in [1.807, 2.05) is 48.9 Å². The normalized spacial score (nSPS) is 12.0. The maximum Gasteiger partial charge on any atom is 0.141 e. The van der Waals surface area contributed by atoms with Crippen molar-refractivity contribution >= 4 is 27.9 Å². The zero-order chi connectivity index (χ0) is 22.5. The number of thiophene rings is 1. The summed E-state index contributed by atoms with van der Waals surface area (Å²) in [6, 6.07) is 12.0. The van der Waals surface area contributed by atoms with Gasteiger partial charge in [0.2, 0.25) is 0 Å². The van der Waals surface area contributed by atoms with E-state index in [0.717, 1.165) is 32.4 Å². The molecule has 0 spiro atoms. The summed E-state index contributed by atoms with van der Waals surface area (Å²) in [7, 11) is 0. The Bertz CT molecular complexity index is 1210. The van der Waals surface area contributed by atoms with Crippen molar-refractivity contribution in [3.63, 3.8) is 0 Å². The van der Waals surface area contributed by atoms with E-state index in [-0.39, 0.29) is 0 Å². The highest BCUT2D eigenvalue weighted by Crippen LogP contribution is 2.24. The second kappa shape index (κ2) is 9.45. The van der Waals surface area contributed by atoms with Gasteiger partial charge in [0.1, 0.15) is 5.84 Å². The van der Waals surface area contributed by atoms with E-state index in [1.54, 1.807) is 12.3 Å². The Morgan fingerprint density at radius 3 is 2.65 bits per heavy atom. The molecule has 0 amide bonds. The molecule has 0 saturated carbocycles. The van der Waals surface area contributed by atoms with Gasteiger partial charge in [0.05, 0.1) is 38.7 Å². The molecule has 0 bridgehead atoms. The van der Waals surface area contributed by atoms with Gasteiger partial charge in [0.15, 0.2) is 0 Å². The number of aromatic nitrogens is 2. The van der Waals surface area contributed by atoms with Crippen molar-refractivity contribution in [1.82, 2.24) is 15.1 Å². The van der Waals surface area contributed by atoms with Crippen molar-refractivity contribution in [3.8, 4) is 5.69 Å². The zero-order valence-electron chi connectivity index (χ0n) is 18.1. The molecular formula is C25H27N5S. The van der Waals surface area contributed by atoms with Crippen LogP contribution in [0.15, 0.2) is 90.7 Å². The van der Waals surface area contributed by atoms with Crippen LogP contribution >= 0.6 is 11.3 Å². The molecule has 1 aromatic carbocycles. The van der Waals surface area contributed by atoms with Gasteiger partial charge in [-0.15, -0.1) is 11.3 Å². The molecule has 0 atom stereocenters. The number of hydrogen-bond acceptors (Lipinski definition) is 4. The molecule has 0 aliphatic rings. The van der Waals surface area contributed by atoms with Crippen molar-refractivity contribution < 1.29 is 0 Å². The summed E-state index contributed by atoms with van der Waals surface area (Å²) < 4.78 is 1.90. The summed E-state index contributed by atoms with van der Waals surface area (Å²) >= 11 is 1.47. The molecule has 158 valence electrons. The molecule has 0 unspecified atom stereocenters. The van der Waals surface area contributed by atoms with Crippen LogP contribution in [0.3, 0.4) is 0 Å². The average molecular weight is 430 g/mol. The number of nitrogen functional groups attached to an aromatic ring is 1. The van der Waals surface area contributed by atoms with Crippen LogP contribution in [0.1, 0.15) is 28.6 Å². The molecule has 31 heavy (non-hydrogen) atoms. The Labute approximate surface area is 187 Å². The van der Waals surface area contributed by atoms with E-state index in [9.17, 15) is 0 Å². The van der Waals surface area contributed by atoms with Gasteiger partial charge in [-0.2, -0.15) is 5.10 Å². The third kappa shape index (κ3) is 5.10. The van der Waals surface area contributed by atoms with Crippen LogP contribution in [0.4, 0.5) is 5.00 Å². The molecule has 0 radical (unpaired) electrons. The monoisotopic (exact) mass is 429 g/mol. The highest BCUT2D eigenvalue weighted by atomic mass is 32.1. The Morgan fingerprint density at radius 2 is 2.00 bits per heavy atom. The maximum atomic E-state index is 5.89. The van der Waals surface area contributed by atoms with Crippen molar-refractivity contribution in [2.24, 2.45) is 4.99 Å². The maximum absolute atomic E-state index is 5.89. The summed E-state index contributed by atoms with van der Waals surface area (Å²) in [5.74, 6) is 0.621. The molecule has 3 aromatic rings. The fourth-order valence-corrected chi connectivity index (χ4v) is 3.73. The molecule has 0 fully saturated rings. The predicted molar refractivity (Wildman–Crippen MR) is 134 cm³/mol. The summed E-state index contributed by atoms with van der Waals surface area (Å²) in [4.78, 5) is 5.72. The van der Waals surface area contributed by atoms with Gasteiger partial charge in [0, 0.05) is 5.70 Å². The number of anilines is 1. The minimum Gasteiger partial charge on any atom is -0.391 e. The minimum atomic E-state index is 0.621. The molecule has 2 aromatic heterocycles. The van der Waals surface area contributed by atoms with Crippen LogP contribution in [0.25, 0.3) is 11.4 Å². The smallest absolute Gasteiger partial charge is 0.141 e. The number of aliphatic imine (C=N–C) groups is 1. The van der Waals surface area contributed by atoms with Gasteiger partial charge in [-0.05, 0) is 56.2 Å². The van der Waals surface area contributed by atoms with E-state index in [4.69, 9.17) is 10.7 Å². The standard InChI is InChI=1S/C25H27N5S/c1-7-9-17(3)18(4)28-25(29-19(5)23-12-13-24(26)31-23)22-15-27-30(20(22)6)21-11-8-10-16(2)14-21/h7-15H,1,4-5,26H2,2-3,6H3,(H,28,29)/b17-9+. The van der Waals surface area contributed by atoms with Crippen molar-refractivity contribution in [1.29, 1.82) is 0 Å². The molecule has 2 heterocycles. The van der Waals surface area contributed by atoms with E-state index in [0.29, 0.717) is 17.2 Å². The number of allylic oxidation sites excluding steroid dienone is 3. The number of hydrogen-bond donors (Lipinski definition) is 2. The van der Waals surface area contributed by atoms with Gasteiger partial charge < -0.3 is 11.1 Å². The number of rotatable bonds is 7. The highest BCUT2D eigenvalue weighted by molar-refractivity contribution is 7.16. The van der Waals surface area contributed by atoms with Crippen LogP contribution in [0.2, 0.25) is 0 Å².